The first-order valence-corrected chi connectivity index (χ1v) is 4.04. The van der Waals surface area contributed by atoms with E-state index in [1.54, 1.807) is 18.7 Å². The van der Waals surface area contributed by atoms with Gasteiger partial charge in [0.25, 0.3) is 0 Å². The number of aromatic nitrogens is 3. The lowest BCUT2D eigenvalue weighted by atomic mass is 10.2. The number of imidazole rings is 1. The van der Waals surface area contributed by atoms with Crippen molar-refractivity contribution in [2.75, 3.05) is 0 Å². The van der Waals surface area contributed by atoms with Crippen LogP contribution >= 0.6 is 0 Å². The van der Waals surface area contributed by atoms with E-state index < -0.39 is 0 Å². The number of rotatable bonds is 2. The molecule has 0 fully saturated rings. The van der Waals surface area contributed by atoms with Crippen LogP contribution in [-0.2, 0) is 6.54 Å². The summed E-state index contributed by atoms with van der Waals surface area (Å²) in [5, 5.41) is 0. The molecule has 2 heterocycles. The van der Waals surface area contributed by atoms with Crippen LogP contribution in [0.4, 0.5) is 0 Å². The van der Waals surface area contributed by atoms with Crippen molar-refractivity contribution in [3.63, 3.8) is 0 Å². The van der Waals surface area contributed by atoms with E-state index in [0.717, 1.165) is 11.4 Å². The fourth-order valence-electron chi connectivity index (χ4n) is 1.21. The van der Waals surface area contributed by atoms with Gasteiger partial charge >= 0.3 is 0 Å². The van der Waals surface area contributed by atoms with Gasteiger partial charge in [-0.1, -0.05) is 6.07 Å². The van der Waals surface area contributed by atoms with Crippen LogP contribution in [0, 0.1) is 0 Å². The Morgan fingerprint density at radius 1 is 1.38 bits per heavy atom. The van der Waals surface area contributed by atoms with Gasteiger partial charge in [0.2, 0.25) is 0 Å². The maximum atomic E-state index is 5.58. The van der Waals surface area contributed by atoms with Crippen molar-refractivity contribution >= 4 is 0 Å². The molecule has 0 aliphatic rings. The van der Waals surface area contributed by atoms with E-state index in [1.807, 2.05) is 22.9 Å². The number of nitrogens with two attached hydrogens (primary N) is 1. The molecule has 2 rings (SSSR count). The maximum Gasteiger partial charge on any atom is 0.142 e. The van der Waals surface area contributed by atoms with Crippen LogP contribution in [0.5, 0.6) is 0 Å². The van der Waals surface area contributed by atoms with Crippen molar-refractivity contribution in [3.8, 4) is 5.82 Å². The molecule has 2 aromatic heterocycles. The van der Waals surface area contributed by atoms with E-state index in [1.165, 1.54) is 0 Å². The van der Waals surface area contributed by atoms with E-state index in [0.29, 0.717) is 6.54 Å². The van der Waals surface area contributed by atoms with Gasteiger partial charge in [-0.25, -0.2) is 9.97 Å². The van der Waals surface area contributed by atoms with Gasteiger partial charge in [0, 0.05) is 30.7 Å². The third-order valence-electron chi connectivity index (χ3n) is 1.84. The predicted octanol–water partition coefficient (Wildman–Crippen LogP) is 0.726. The normalized spacial score (nSPS) is 10.2. The van der Waals surface area contributed by atoms with Crippen molar-refractivity contribution in [1.82, 2.24) is 14.5 Å². The number of hydrogen-bond donors (Lipinski definition) is 1. The van der Waals surface area contributed by atoms with Crippen LogP contribution in [-0.4, -0.2) is 14.5 Å². The highest BCUT2D eigenvalue weighted by Gasteiger charge is 2.01. The fraction of sp³-hybridized carbons (Fsp3) is 0.111. The predicted molar refractivity (Wildman–Crippen MR) is 49.3 cm³/mol. The molecule has 0 saturated heterocycles. The van der Waals surface area contributed by atoms with Gasteiger partial charge in [-0.05, 0) is 6.07 Å². The molecule has 0 spiro atoms. The first-order chi connectivity index (χ1) is 6.42. The zero-order valence-electron chi connectivity index (χ0n) is 7.09. The van der Waals surface area contributed by atoms with Crippen molar-refractivity contribution in [2.45, 2.75) is 6.54 Å². The summed E-state index contributed by atoms with van der Waals surface area (Å²) in [7, 11) is 0. The minimum absolute atomic E-state index is 0.487. The Hall–Kier alpha value is -1.68. The molecular weight excluding hydrogens is 164 g/mol. The molecule has 0 unspecified atom stereocenters. The summed E-state index contributed by atoms with van der Waals surface area (Å²) < 4.78 is 1.85. The van der Waals surface area contributed by atoms with Crippen molar-refractivity contribution in [2.24, 2.45) is 5.73 Å². The molecule has 13 heavy (non-hydrogen) atoms. The Bertz CT molecular complexity index is 380. The second-order valence-electron chi connectivity index (χ2n) is 2.66. The Balaban J connectivity index is 2.51. The molecule has 0 aliphatic carbocycles. The quantitative estimate of drug-likeness (QED) is 0.730. The Kier molecular flexibility index (Phi) is 2.06. The SMILES string of the molecule is NCc1cccnc1-n1ccnc1. The molecule has 0 radical (unpaired) electrons. The molecule has 0 saturated carbocycles. The van der Waals surface area contributed by atoms with Crippen LogP contribution in [0.25, 0.3) is 5.82 Å². The highest BCUT2D eigenvalue weighted by molar-refractivity contribution is 5.32. The van der Waals surface area contributed by atoms with Crippen LogP contribution in [0.3, 0.4) is 0 Å². The molecule has 2 N–H and O–H groups in total. The topological polar surface area (TPSA) is 56.7 Å². The number of hydrogen-bond acceptors (Lipinski definition) is 3. The minimum Gasteiger partial charge on any atom is -0.326 e. The second-order valence-corrected chi connectivity index (χ2v) is 2.66. The summed E-state index contributed by atoms with van der Waals surface area (Å²) in [6, 6.07) is 3.84. The van der Waals surface area contributed by atoms with Crippen LogP contribution < -0.4 is 5.73 Å². The van der Waals surface area contributed by atoms with Gasteiger partial charge in [0.05, 0.1) is 0 Å². The summed E-state index contributed by atoms with van der Waals surface area (Å²) in [6.45, 7) is 0.487. The highest BCUT2D eigenvalue weighted by Crippen LogP contribution is 2.09. The molecule has 66 valence electrons. The largest absolute Gasteiger partial charge is 0.326 e. The van der Waals surface area contributed by atoms with Crippen LogP contribution in [0.2, 0.25) is 0 Å². The lowest BCUT2D eigenvalue weighted by Crippen LogP contribution is -2.04. The standard InChI is InChI=1S/C9H10N4/c10-6-8-2-1-3-12-9(8)13-5-4-11-7-13/h1-5,7H,6,10H2. The van der Waals surface area contributed by atoms with Gasteiger partial charge in [-0.15, -0.1) is 0 Å². The molecule has 0 aromatic carbocycles. The summed E-state index contributed by atoms with van der Waals surface area (Å²) in [6.07, 6.45) is 7.02. The average molecular weight is 174 g/mol. The fourth-order valence-corrected chi connectivity index (χ4v) is 1.21. The molecule has 0 aliphatic heterocycles. The second kappa shape index (κ2) is 3.37. The summed E-state index contributed by atoms with van der Waals surface area (Å²) in [4.78, 5) is 8.19. The first kappa shape index (κ1) is 7.94. The molecule has 4 heteroatoms. The van der Waals surface area contributed by atoms with Crippen molar-refractivity contribution < 1.29 is 0 Å². The van der Waals surface area contributed by atoms with Gasteiger partial charge in [0.1, 0.15) is 12.1 Å². The van der Waals surface area contributed by atoms with Gasteiger partial charge < -0.3 is 5.73 Å². The van der Waals surface area contributed by atoms with E-state index in [9.17, 15) is 0 Å². The van der Waals surface area contributed by atoms with Crippen LogP contribution in [0.1, 0.15) is 5.56 Å². The first-order valence-electron chi connectivity index (χ1n) is 4.04. The lowest BCUT2D eigenvalue weighted by molar-refractivity contribution is 0.933. The van der Waals surface area contributed by atoms with Gasteiger partial charge in [-0.3, -0.25) is 4.57 Å². The molecule has 0 atom stereocenters. The maximum absolute atomic E-state index is 5.58. The highest BCUT2D eigenvalue weighted by atomic mass is 15.1. The van der Waals surface area contributed by atoms with Crippen molar-refractivity contribution in [3.05, 3.63) is 42.6 Å². The Morgan fingerprint density at radius 2 is 2.31 bits per heavy atom. The Labute approximate surface area is 76.1 Å². The third kappa shape index (κ3) is 1.43. The van der Waals surface area contributed by atoms with E-state index in [-0.39, 0.29) is 0 Å². The summed E-state index contributed by atoms with van der Waals surface area (Å²) >= 11 is 0. The van der Waals surface area contributed by atoms with E-state index in [2.05, 4.69) is 9.97 Å². The van der Waals surface area contributed by atoms with E-state index >= 15 is 0 Å². The molecular formula is C9H10N4. The number of pyridine rings is 1. The molecule has 4 nitrogen and oxygen atoms in total. The van der Waals surface area contributed by atoms with Gasteiger partial charge in [-0.2, -0.15) is 0 Å². The zero-order valence-corrected chi connectivity index (χ0v) is 7.09. The smallest absolute Gasteiger partial charge is 0.142 e. The molecule has 0 bridgehead atoms. The summed E-state index contributed by atoms with van der Waals surface area (Å²) in [5.41, 5.74) is 6.60. The van der Waals surface area contributed by atoms with E-state index in [4.69, 9.17) is 5.73 Å². The van der Waals surface area contributed by atoms with Gasteiger partial charge in [0.15, 0.2) is 0 Å². The minimum atomic E-state index is 0.487. The van der Waals surface area contributed by atoms with Crippen LogP contribution in [0.15, 0.2) is 37.1 Å². The molecule has 0 amide bonds. The number of nitrogens with zero attached hydrogens (tertiary/aromatic N) is 3. The third-order valence-corrected chi connectivity index (χ3v) is 1.84. The Morgan fingerprint density at radius 3 is 3.00 bits per heavy atom. The lowest BCUT2D eigenvalue weighted by Gasteiger charge is -2.05. The zero-order chi connectivity index (χ0) is 9.10. The average Bonchev–Trinajstić information content (AvgIpc) is 2.70. The monoisotopic (exact) mass is 174 g/mol. The van der Waals surface area contributed by atoms with Crippen molar-refractivity contribution in [1.29, 1.82) is 0 Å². The summed E-state index contributed by atoms with van der Waals surface area (Å²) in [5.74, 6) is 0.850. The molecule has 2 aromatic rings.